The average Bonchev–Trinajstić information content (AvgIpc) is 2.46. The summed E-state index contributed by atoms with van der Waals surface area (Å²) in [6.07, 6.45) is 0. The number of rotatable bonds is 1. The highest BCUT2D eigenvalue weighted by molar-refractivity contribution is 6.92. The Morgan fingerprint density at radius 3 is 2.17 bits per heavy atom. The van der Waals surface area contributed by atoms with E-state index in [4.69, 9.17) is 0 Å². The monoisotopic (exact) mass is 256 g/mol. The fraction of sp³-hybridized carbons (Fsp3) is 0.412. The lowest BCUT2D eigenvalue weighted by atomic mass is 10.1. The minimum atomic E-state index is -1.44. The molecule has 0 radical (unpaired) electrons. The van der Waals surface area contributed by atoms with E-state index in [9.17, 15) is 0 Å². The maximum absolute atomic E-state index is 2.49. The summed E-state index contributed by atoms with van der Waals surface area (Å²) >= 11 is 0. The van der Waals surface area contributed by atoms with Crippen LogP contribution in [-0.4, -0.2) is 8.07 Å². The SMILES string of the molecule is Cc1c2cccccc-2cc1[Si](C)(C)C(C)(C)C. The minimum absolute atomic E-state index is 0.393. The molecule has 0 saturated heterocycles. The summed E-state index contributed by atoms with van der Waals surface area (Å²) in [5.74, 6) is 0. The molecule has 0 aliphatic heterocycles. The summed E-state index contributed by atoms with van der Waals surface area (Å²) in [6, 6.07) is 13.3. The van der Waals surface area contributed by atoms with E-state index in [1.807, 2.05) is 0 Å². The first-order valence-corrected chi connectivity index (χ1v) is 9.74. The summed E-state index contributed by atoms with van der Waals surface area (Å²) in [7, 11) is -1.44. The Kier molecular flexibility index (Phi) is 3.14. The van der Waals surface area contributed by atoms with Crippen molar-refractivity contribution in [2.75, 3.05) is 0 Å². The van der Waals surface area contributed by atoms with E-state index in [1.54, 1.807) is 5.19 Å². The zero-order valence-corrected chi connectivity index (χ0v) is 13.5. The highest BCUT2D eigenvalue weighted by Gasteiger charge is 2.39. The molecule has 2 rings (SSSR count). The topological polar surface area (TPSA) is 0 Å². The highest BCUT2D eigenvalue weighted by Crippen LogP contribution is 2.38. The Bertz CT molecular complexity index is 532. The molecule has 0 bridgehead atoms. The molecule has 0 spiro atoms. The van der Waals surface area contributed by atoms with Crippen LogP contribution in [0.15, 0.2) is 36.4 Å². The van der Waals surface area contributed by atoms with Crippen molar-refractivity contribution in [2.24, 2.45) is 0 Å². The molecule has 18 heavy (non-hydrogen) atoms. The summed E-state index contributed by atoms with van der Waals surface area (Å²) in [5.41, 5.74) is 4.30. The molecule has 0 heterocycles. The van der Waals surface area contributed by atoms with Gasteiger partial charge in [0.15, 0.2) is 0 Å². The first-order valence-electron chi connectivity index (χ1n) is 6.74. The predicted molar refractivity (Wildman–Crippen MR) is 84.6 cm³/mol. The van der Waals surface area contributed by atoms with E-state index < -0.39 is 8.07 Å². The second-order valence-corrected chi connectivity index (χ2v) is 12.1. The van der Waals surface area contributed by atoms with Crippen LogP contribution in [0.25, 0.3) is 11.1 Å². The van der Waals surface area contributed by atoms with Crippen molar-refractivity contribution in [2.45, 2.75) is 45.8 Å². The quantitative estimate of drug-likeness (QED) is 0.642. The lowest BCUT2D eigenvalue weighted by Gasteiger charge is -2.37. The molecule has 0 unspecified atom stereocenters. The second-order valence-electron chi connectivity index (χ2n) is 6.84. The van der Waals surface area contributed by atoms with Gasteiger partial charge < -0.3 is 0 Å². The van der Waals surface area contributed by atoms with Gasteiger partial charge in [0.25, 0.3) is 0 Å². The molecular formula is C17H24Si. The van der Waals surface area contributed by atoms with Gasteiger partial charge in [0.2, 0.25) is 0 Å². The second kappa shape index (κ2) is 4.24. The first kappa shape index (κ1) is 13.4. The van der Waals surface area contributed by atoms with Gasteiger partial charge in [-0.25, -0.2) is 0 Å². The Labute approximate surface area is 112 Å². The van der Waals surface area contributed by atoms with Gasteiger partial charge >= 0.3 is 0 Å². The van der Waals surface area contributed by atoms with Crippen molar-refractivity contribution in [3.63, 3.8) is 0 Å². The van der Waals surface area contributed by atoms with Crippen molar-refractivity contribution < 1.29 is 0 Å². The van der Waals surface area contributed by atoms with Crippen molar-refractivity contribution in [3.05, 3.63) is 42.0 Å². The maximum Gasteiger partial charge on any atom is 0.0863 e. The fourth-order valence-electron chi connectivity index (χ4n) is 2.49. The van der Waals surface area contributed by atoms with Crippen molar-refractivity contribution in [3.8, 4) is 11.1 Å². The van der Waals surface area contributed by atoms with Crippen LogP contribution in [0.4, 0.5) is 0 Å². The lowest BCUT2D eigenvalue weighted by Crippen LogP contribution is -2.49. The predicted octanol–water partition coefficient (Wildman–Crippen LogP) is 4.82. The number of hydrogen-bond donors (Lipinski definition) is 0. The van der Waals surface area contributed by atoms with Gasteiger partial charge in [-0.15, -0.1) is 0 Å². The highest BCUT2D eigenvalue weighted by atomic mass is 28.3. The van der Waals surface area contributed by atoms with Gasteiger partial charge in [0.1, 0.15) is 0 Å². The van der Waals surface area contributed by atoms with E-state index in [0.29, 0.717) is 5.04 Å². The summed E-state index contributed by atoms with van der Waals surface area (Å²) in [5, 5.41) is 2.01. The summed E-state index contributed by atoms with van der Waals surface area (Å²) in [6.45, 7) is 14.4. The minimum Gasteiger partial charge on any atom is -0.0650 e. The van der Waals surface area contributed by atoms with Crippen LogP contribution in [0.5, 0.6) is 0 Å². The van der Waals surface area contributed by atoms with Crippen LogP contribution in [0.3, 0.4) is 0 Å². The van der Waals surface area contributed by atoms with E-state index in [0.717, 1.165) is 0 Å². The fourth-order valence-corrected chi connectivity index (χ4v) is 4.89. The maximum atomic E-state index is 2.49. The zero-order valence-electron chi connectivity index (χ0n) is 12.5. The summed E-state index contributed by atoms with van der Waals surface area (Å²) in [4.78, 5) is 0. The van der Waals surface area contributed by atoms with Gasteiger partial charge in [-0.3, -0.25) is 0 Å². The van der Waals surface area contributed by atoms with Gasteiger partial charge in [-0.2, -0.15) is 0 Å². The van der Waals surface area contributed by atoms with Gasteiger partial charge in [-0.05, 0) is 28.7 Å². The van der Waals surface area contributed by atoms with Gasteiger partial charge in [0, 0.05) is 0 Å². The molecule has 2 aliphatic rings. The van der Waals surface area contributed by atoms with E-state index in [-0.39, 0.29) is 0 Å². The molecule has 0 N–H and O–H groups in total. The standard InChI is InChI=1S/C17H24Si/c1-13-15-11-9-7-8-10-14(15)12-16(13)18(5,6)17(2,3)4/h7-12H,1-6H3. The van der Waals surface area contributed by atoms with E-state index >= 15 is 0 Å². The average molecular weight is 256 g/mol. The third kappa shape index (κ3) is 2.01. The van der Waals surface area contributed by atoms with Crippen LogP contribution in [0.1, 0.15) is 26.3 Å². The Balaban J connectivity index is 2.68. The van der Waals surface area contributed by atoms with Crippen LogP contribution >= 0.6 is 0 Å². The van der Waals surface area contributed by atoms with Crippen LogP contribution < -0.4 is 5.19 Å². The largest absolute Gasteiger partial charge is 0.0863 e. The molecule has 0 atom stereocenters. The van der Waals surface area contributed by atoms with Crippen molar-refractivity contribution in [1.82, 2.24) is 0 Å². The molecule has 0 fully saturated rings. The Morgan fingerprint density at radius 2 is 1.56 bits per heavy atom. The summed E-state index contributed by atoms with van der Waals surface area (Å²) < 4.78 is 0. The van der Waals surface area contributed by atoms with Gasteiger partial charge in [-0.1, -0.05) is 75.5 Å². The zero-order chi connectivity index (χ0) is 13.6. The van der Waals surface area contributed by atoms with Crippen LogP contribution in [0, 0.1) is 6.92 Å². The van der Waals surface area contributed by atoms with E-state index in [1.165, 1.54) is 16.7 Å². The first-order chi connectivity index (χ1) is 8.25. The number of fused-ring (bicyclic) bond motifs is 1. The molecule has 0 aromatic carbocycles. The molecule has 96 valence electrons. The van der Waals surface area contributed by atoms with Crippen molar-refractivity contribution in [1.29, 1.82) is 0 Å². The third-order valence-electron chi connectivity index (χ3n) is 4.73. The van der Waals surface area contributed by atoms with Crippen LogP contribution in [-0.2, 0) is 0 Å². The molecule has 0 amide bonds. The number of hydrogen-bond acceptors (Lipinski definition) is 0. The van der Waals surface area contributed by atoms with E-state index in [2.05, 4.69) is 77.2 Å². The molecule has 0 saturated carbocycles. The van der Waals surface area contributed by atoms with Gasteiger partial charge in [0.05, 0.1) is 8.07 Å². The molecule has 1 heteroatoms. The van der Waals surface area contributed by atoms with Crippen molar-refractivity contribution >= 4 is 13.3 Å². The Hall–Kier alpha value is -1.08. The molecule has 2 aliphatic carbocycles. The smallest absolute Gasteiger partial charge is 0.0650 e. The normalized spacial score (nSPS) is 13.0. The molecule has 0 aromatic heterocycles. The molecule has 0 nitrogen and oxygen atoms in total. The van der Waals surface area contributed by atoms with Crippen LogP contribution in [0.2, 0.25) is 18.1 Å². The Morgan fingerprint density at radius 1 is 0.944 bits per heavy atom. The lowest BCUT2D eigenvalue weighted by molar-refractivity contribution is 0.729. The molecule has 0 aromatic rings. The third-order valence-corrected chi connectivity index (χ3v) is 10.3. The molecular weight excluding hydrogens is 232 g/mol.